The van der Waals surface area contributed by atoms with Gasteiger partial charge in [0, 0.05) is 18.0 Å². The Hall–Kier alpha value is -2.24. The van der Waals surface area contributed by atoms with E-state index in [4.69, 9.17) is 4.74 Å². The van der Waals surface area contributed by atoms with E-state index in [1.165, 1.54) is 6.20 Å². The predicted octanol–water partition coefficient (Wildman–Crippen LogP) is 0.557. The van der Waals surface area contributed by atoms with E-state index in [0.29, 0.717) is 0 Å². The van der Waals surface area contributed by atoms with E-state index in [0.717, 1.165) is 5.56 Å². The van der Waals surface area contributed by atoms with Crippen LogP contribution in [-0.4, -0.2) is 26.4 Å². The summed E-state index contributed by atoms with van der Waals surface area (Å²) in [7, 11) is 0. The third-order valence-electron chi connectivity index (χ3n) is 1.72. The van der Waals surface area contributed by atoms with Crippen molar-refractivity contribution in [3.05, 3.63) is 42.0 Å². The molecule has 0 radical (unpaired) electrons. The van der Waals surface area contributed by atoms with Crippen LogP contribution >= 0.6 is 0 Å². The Morgan fingerprint density at radius 3 is 3.13 bits per heavy atom. The van der Waals surface area contributed by atoms with Gasteiger partial charge in [0.2, 0.25) is 0 Å². The van der Waals surface area contributed by atoms with Crippen molar-refractivity contribution in [2.75, 3.05) is 0 Å². The minimum Gasteiger partial charge on any atom is -0.456 e. The average Bonchev–Trinajstić information content (AvgIpc) is 2.81. The van der Waals surface area contributed by atoms with Crippen molar-refractivity contribution >= 4 is 5.97 Å². The van der Waals surface area contributed by atoms with Crippen LogP contribution in [0.3, 0.4) is 0 Å². The Labute approximate surface area is 85.3 Å². The van der Waals surface area contributed by atoms with Crippen LogP contribution in [0, 0.1) is 0 Å². The van der Waals surface area contributed by atoms with Crippen molar-refractivity contribution in [1.82, 2.24) is 20.4 Å². The Kier molecular flexibility index (Phi) is 2.68. The highest BCUT2D eigenvalue weighted by atomic mass is 16.5. The van der Waals surface area contributed by atoms with E-state index in [1.54, 1.807) is 18.5 Å². The molecule has 0 amide bonds. The lowest BCUT2D eigenvalue weighted by atomic mass is 10.3. The third-order valence-corrected chi connectivity index (χ3v) is 1.72. The van der Waals surface area contributed by atoms with Gasteiger partial charge in [-0.05, 0) is 6.07 Å². The highest BCUT2D eigenvalue weighted by Crippen LogP contribution is 2.01. The minimum atomic E-state index is -0.507. The van der Waals surface area contributed by atoms with Crippen LogP contribution in [0.1, 0.15) is 16.1 Å². The number of nitrogens with one attached hydrogen (secondary N) is 1. The monoisotopic (exact) mass is 204 g/mol. The van der Waals surface area contributed by atoms with Gasteiger partial charge in [0.15, 0.2) is 5.69 Å². The Bertz CT molecular complexity index is 427. The molecule has 2 aromatic rings. The number of hydrogen-bond acceptors (Lipinski definition) is 5. The summed E-state index contributed by atoms with van der Waals surface area (Å²) in [5.41, 5.74) is 0.994. The molecule has 2 rings (SSSR count). The minimum absolute atomic E-state index is 0.166. The smallest absolute Gasteiger partial charge is 0.360 e. The normalized spacial score (nSPS) is 9.87. The van der Waals surface area contributed by atoms with E-state index in [1.807, 2.05) is 6.07 Å². The van der Waals surface area contributed by atoms with E-state index in [-0.39, 0.29) is 12.3 Å². The molecule has 0 unspecified atom stereocenters. The summed E-state index contributed by atoms with van der Waals surface area (Å²) >= 11 is 0. The number of hydrogen-bond donors (Lipinski definition) is 1. The summed E-state index contributed by atoms with van der Waals surface area (Å²) < 4.78 is 4.97. The number of carbonyl (C=O) groups is 1. The number of carbonyl (C=O) groups excluding carboxylic acids is 1. The van der Waals surface area contributed by atoms with Crippen LogP contribution in [0.25, 0.3) is 0 Å². The number of H-pyrrole nitrogens is 1. The fraction of sp³-hybridized carbons (Fsp3) is 0.111. The first-order valence-corrected chi connectivity index (χ1v) is 4.29. The maximum Gasteiger partial charge on any atom is 0.360 e. The van der Waals surface area contributed by atoms with E-state index in [9.17, 15) is 4.79 Å². The van der Waals surface area contributed by atoms with Crippen molar-refractivity contribution in [2.24, 2.45) is 0 Å². The van der Waals surface area contributed by atoms with Gasteiger partial charge < -0.3 is 4.74 Å². The first kappa shape index (κ1) is 9.32. The molecule has 15 heavy (non-hydrogen) atoms. The second-order valence-electron chi connectivity index (χ2n) is 2.80. The molecule has 0 atom stereocenters. The lowest BCUT2D eigenvalue weighted by Gasteiger charge is -2.01. The maximum absolute atomic E-state index is 11.3. The van der Waals surface area contributed by atoms with Crippen molar-refractivity contribution < 1.29 is 9.53 Å². The van der Waals surface area contributed by atoms with Gasteiger partial charge in [-0.3, -0.25) is 10.1 Å². The Balaban J connectivity index is 1.92. The molecule has 0 bridgehead atoms. The van der Waals surface area contributed by atoms with Gasteiger partial charge in [-0.1, -0.05) is 11.3 Å². The molecule has 0 saturated carbocycles. The SMILES string of the molecule is O=C(OCc1cccnc1)c1c[nH]nn1. The second-order valence-corrected chi connectivity index (χ2v) is 2.80. The van der Waals surface area contributed by atoms with Crippen LogP contribution < -0.4 is 0 Å². The summed E-state index contributed by atoms with van der Waals surface area (Å²) in [6, 6.07) is 3.60. The third kappa shape index (κ3) is 2.37. The molecule has 0 saturated heterocycles. The number of esters is 1. The van der Waals surface area contributed by atoms with Gasteiger partial charge in [-0.25, -0.2) is 4.79 Å². The van der Waals surface area contributed by atoms with Gasteiger partial charge in [0.05, 0.1) is 6.20 Å². The quantitative estimate of drug-likeness (QED) is 0.738. The standard InChI is InChI=1S/C9H8N4O2/c14-9(8-5-11-13-12-8)15-6-7-2-1-3-10-4-7/h1-5H,6H2,(H,11,12,13). The number of nitrogens with zero attached hydrogens (tertiary/aromatic N) is 3. The number of aromatic nitrogens is 4. The van der Waals surface area contributed by atoms with Crippen molar-refractivity contribution in [3.63, 3.8) is 0 Å². The summed E-state index contributed by atoms with van der Waals surface area (Å²) in [5, 5.41) is 9.38. The van der Waals surface area contributed by atoms with Gasteiger partial charge in [0.1, 0.15) is 6.61 Å². The van der Waals surface area contributed by atoms with Crippen LogP contribution in [-0.2, 0) is 11.3 Å². The zero-order chi connectivity index (χ0) is 10.5. The summed E-state index contributed by atoms with van der Waals surface area (Å²) in [6.45, 7) is 0.180. The molecule has 6 nitrogen and oxygen atoms in total. The molecule has 76 valence electrons. The van der Waals surface area contributed by atoms with Crippen LogP contribution in [0.15, 0.2) is 30.7 Å². The highest BCUT2D eigenvalue weighted by molar-refractivity contribution is 5.86. The molecule has 1 N–H and O–H groups in total. The molecule has 0 fully saturated rings. The number of ether oxygens (including phenoxy) is 1. The maximum atomic E-state index is 11.3. The number of pyridine rings is 1. The fourth-order valence-electron chi connectivity index (χ4n) is 1.01. The van der Waals surface area contributed by atoms with Crippen LogP contribution in [0.2, 0.25) is 0 Å². The molecule has 0 spiro atoms. The first-order valence-electron chi connectivity index (χ1n) is 4.29. The molecule has 0 aliphatic carbocycles. The lowest BCUT2D eigenvalue weighted by Crippen LogP contribution is -2.05. The van der Waals surface area contributed by atoms with E-state index < -0.39 is 5.97 Å². The Morgan fingerprint density at radius 1 is 1.53 bits per heavy atom. The summed E-state index contributed by atoms with van der Waals surface area (Å²) in [4.78, 5) is 15.2. The largest absolute Gasteiger partial charge is 0.456 e. The van der Waals surface area contributed by atoms with E-state index >= 15 is 0 Å². The first-order chi connectivity index (χ1) is 7.36. The molecule has 6 heteroatoms. The second kappa shape index (κ2) is 4.32. The van der Waals surface area contributed by atoms with Gasteiger partial charge in [-0.15, -0.1) is 5.10 Å². The molecule has 0 aromatic carbocycles. The molecular weight excluding hydrogens is 196 g/mol. The van der Waals surface area contributed by atoms with Gasteiger partial charge in [-0.2, -0.15) is 0 Å². The topological polar surface area (TPSA) is 80.8 Å². The van der Waals surface area contributed by atoms with E-state index in [2.05, 4.69) is 20.4 Å². The fourth-order valence-corrected chi connectivity index (χ4v) is 1.01. The number of rotatable bonds is 3. The molecule has 2 aromatic heterocycles. The summed E-state index contributed by atoms with van der Waals surface area (Å²) in [6.07, 6.45) is 4.67. The molecule has 2 heterocycles. The molecular formula is C9H8N4O2. The summed E-state index contributed by atoms with van der Waals surface area (Å²) in [5.74, 6) is -0.507. The zero-order valence-corrected chi connectivity index (χ0v) is 7.75. The predicted molar refractivity (Wildman–Crippen MR) is 49.7 cm³/mol. The zero-order valence-electron chi connectivity index (χ0n) is 7.75. The Morgan fingerprint density at radius 2 is 2.47 bits per heavy atom. The van der Waals surface area contributed by atoms with Crippen molar-refractivity contribution in [3.8, 4) is 0 Å². The highest BCUT2D eigenvalue weighted by Gasteiger charge is 2.09. The lowest BCUT2D eigenvalue weighted by molar-refractivity contribution is 0.0465. The number of aromatic amines is 1. The van der Waals surface area contributed by atoms with Gasteiger partial charge >= 0.3 is 5.97 Å². The van der Waals surface area contributed by atoms with Crippen LogP contribution in [0.5, 0.6) is 0 Å². The van der Waals surface area contributed by atoms with Gasteiger partial charge in [0.25, 0.3) is 0 Å². The van der Waals surface area contributed by atoms with Crippen LogP contribution in [0.4, 0.5) is 0 Å². The van der Waals surface area contributed by atoms with Crippen molar-refractivity contribution in [2.45, 2.75) is 6.61 Å². The molecule has 0 aliphatic rings. The molecule has 0 aliphatic heterocycles. The van der Waals surface area contributed by atoms with Crippen molar-refractivity contribution in [1.29, 1.82) is 0 Å². The average molecular weight is 204 g/mol.